The van der Waals surface area contributed by atoms with E-state index in [4.69, 9.17) is 9.47 Å². The molecule has 0 spiro atoms. The number of benzene rings is 2. The van der Waals surface area contributed by atoms with Gasteiger partial charge in [-0.3, -0.25) is 4.90 Å². The Morgan fingerprint density at radius 1 is 0.975 bits per heavy atom. The minimum absolute atomic E-state index is 0.167. The number of hydrogen-bond acceptors (Lipinski definition) is 8. The monoisotopic (exact) mass is 562 g/mol. The van der Waals surface area contributed by atoms with Crippen LogP contribution < -0.4 is 10.0 Å². The fourth-order valence-electron chi connectivity index (χ4n) is 5.33. The lowest BCUT2D eigenvalue weighted by Crippen LogP contribution is -2.41. The summed E-state index contributed by atoms with van der Waals surface area (Å²) in [6, 6.07) is 17.1. The van der Waals surface area contributed by atoms with Crippen LogP contribution in [0.25, 0.3) is 33.4 Å². The molecule has 1 atom stereocenters. The minimum Gasteiger partial charge on any atom is -0.379 e. The number of nitrogens with zero attached hydrogens (tertiary/aromatic N) is 3. The summed E-state index contributed by atoms with van der Waals surface area (Å²) in [6.45, 7) is 5.48. The molecule has 1 unspecified atom stereocenters. The van der Waals surface area contributed by atoms with E-state index in [9.17, 15) is 8.42 Å². The van der Waals surface area contributed by atoms with Crippen LogP contribution in [0.3, 0.4) is 0 Å². The van der Waals surface area contributed by atoms with E-state index in [1.54, 1.807) is 18.5 Å². The van der Waals surface area contributed by atoms with Crippen molar-refractivity contribution in [3.05, 3.63) is 60.9 Å². The number of H-pyrrole nitrogens is 1. The van der Waals surface area contributed by atoms with Crippen LogP contribution in [0.5, 0.6) is 0 Å². The zero-order chi connectivity index (χ0) is 27.4. The van der Waals surface area contributed by atoms with E-state index >= 15 is 0 Å². The summed E-state index contributed by atoms with van der Waals surface area (Å²) in [4.78, 5) is 15.0. The first-order valence-electron chi connectivity index (χ1n) is 13.8. The number of fused-ring (bicyclic) bond motifs is 1. The molecule has 0 saturated carbocycles. The number of rotatable bonds is 10. The molecule has 3 N–H and O–H groups in total. The SMILES string of the molecule is O=S(=O)(NCCN1CCOCC1)c1ccc(-c2[nH]c3ncnc(NCC4CCCO4)c3c2-c2ccccc2)cc1. The summed E-state index contributed by atoms with van der Waals surface area (Å²) in [5.74, 6) is 0.741. The molecular formula is C29H34N6O4S. The average molecular weight is 563 g/mol. The van der Waals surface area contributed by atoms with Crippen LogP contribution in [-0.2, 0) is 19.5 Å². The van der Waals surface area contributed by atoms with Gasteiger partial charge in [-0.2, -0.15) is 0 Å². The van der Waals surface area contributed by atoms with E-state index in [0.29, 0.717) is 38.5 Å². The van der Waals surface area contributed by atoms with Crippen LogP contribution in [0.1, 0.15) is 12.8 Å². The number of hydrogen-bond donors (Lipinski definition) is 3. The fraction of sp³-hybridized carbons (Fsp3) is 0.379. The summed E-state index contributed by atoms with van der Waals surface area (Å²) in [7, 11) is -3.63. The van der Waals surface area contributed by atoms with Crippen LogP contribution >= 0.6 is 0 Å². The predicted molar refractivity (Wildman–Crippen MR) is 155 cm³/mol. The smallest absolute Gasteiger partial charge is 0.240 e. The van der Waals surface area contributed by atoms with Crippen molar-refractivity contribution in [1.29, 1.82) is 0 Å². The topological polar surface area (TPSA) is 121 Å². The molecule has 10 nitrogen and oxygen atoms in total. The second kappa shape index (κ2) is 12.0. The molecule has 4 heterocycles. The molecule has 11 heteroatoms. The fourth-order valence-corrected chi connectivity index (χ4v) is 6.35. The van der Waals surface area contributed by atoms with Crippen LogP contribution in [0.4, 0.5) is 5.82 Å². The first kappa shape index (κ1) is 26.9. The van der Waals surface area contributed by atoms with Crippen molar-refractivity contribution in [2.75, 3.05) is 57.9 Å². The lowest BCUT2D eigenvalue weighted by Gasteiger charge is -2.26. The molecule has 0 radical (unpaired) electrons. The summed E-state index contributed by atoms with van der Waals surface area (Å²) in [5, 5.41) is 4.37. The Hall–Kier alpha value is -3.35. The summed E-state index contributed by atoms with van der Waals surface area (Å²) < 4.78 is 39.8. The predicted octanol–water partition coefficient (Wildman–Crippen LogP) is 3.49. The lowest BCUT2D eigenvalue weighted by molar-refractivity contribution is 0.0390. The molecule has 2 aromatic carbocycles. The largest absolute Gasteiger partial charge is 0.379 e. The highest BCUT2D eigenvalue weighted by Crippen LogP contribution is 2.40. The van der Waals surface area contributed by atoms with Gasteiger partial charge in [0.1, 0.15) is 17.8 Å². The van der Waals surface area contributed by atoms with E-state index in [1.165, 1.54) is 0 Å². The highest BCUT2D eigenvalue weighted by molar-refractivity contribution is 7.89. The first-order chi connectivity index (χ1) is 19.6. The Bertz CT molecular complexity index is 1530. The van der Waals surface area contributed by atoms with Crippen molar-refractivity contribution in [3.8, 4) is 22.4 Å². The molecule has 2 saturated heterocycles. The number of aromatic amines is 1. The van der Waals surface area contributed by atoms with E-state index < -0.39 is 10.0 Å². The van der Waals surface area contributed by atoms with E-state index in [0.717, 1.165) is 66.1 Å². The van der Waals surface area contributed by atoms with Crippen molar-refractivity contribution in [2.24, 2.45) is 0 Å². The van der Waals surface area contributed by atoms with Gasteiger partial charge in [-0.15, -0.1) is 0 Å². The summed E-state index contributed by atoms with van der Waals surface area (Å²) in [6.07, 6.45) is 3.82. The lowest BCUT2D eigenvalue weighted by atomic mass is 9.99. The Morgan fingerprint density at radius 2 is 1.77 bits per heavy atom. The van der Waals surface area contributed by atoms with E-state index in [-0.39, 0.29) is 11.0 Å². The van der Waals surface area contributed by atoms with Gasteiger partial charge in [-0.1, -0.05) is 42.5 Å². The molecule has 0 bridgehead atoms. The van der Waals surface area contributed by atoms with Crippen LogP contribution in [0.15, 0.2) is 65.8 Å². The normalized spacial score (nSPS) is 18.4. The third-order valence-electron chi connectivity index (χ3n) is 7.45. The molecule has 6 rings (SSSR count). The zero-order valence-electron chi connectivity index (χ0n) is 22.3. The quantitative estimate of drug-likeness (QED) is 0.269. The molecule has 2 fully saturated rings. The summed E-state index contributed by atoms with van der Waals surface area (Å²) >= 11 is 0. The molecule has 0 aliphatic carbocycles. The van der Waals surface area contributed by atoms with Crippen LogP contribution in [0, 0.1) is 0 Å². The van der Waals surface area contributed by atoms with Gasteiger partial charge in [0.15, 0.2) is 0 Å². The van der Waals surface area contributed by atoms with Crippen molar-refractivity contribution in [3.63, 3.8) is 0 Å². The van der Waals surface area contributed by atoms with Gasteiger partial charge in [0.25, 0.3) is 0 Å². The zero-order valence-corrected chi connectivity index (χ0v) is 23.1. The second-order valence-corrected chi connectivity index (χ2v) is 11.8. The Labute approximate surface area is 234 Å². The van der Waals surface area contributed by atoms with Gasteiger partial charge < -0.3 is 19.8 Å². The maximum absolute atomic E-state index is 13.0. The van der Waals surface area contributed by atoms with E-state index in [1.807, 2.05) is 30.3 Å². The number of nitrogens with one attached hydrogen (secondary N) is 3. The van der Waals surface area contributed by atoms with Crippen molar-refractivity contribution >= 4 is 26.9 Å². The minimum atomic E-state index is -3.63. The maximum Gasteiger partial charge on any atom is 0.240 e. The molecule has 0 amide bonds. The molecular weight excluding hydrogens is 528 g/mol. The van der Waals surface area contributed by atoms with Gasteiger partial charge in [0, 0.05) is 44.9 Å². The number of morpholine rings is 1. The highest BCUT2D eigenvalue weighted by atomic mass is 32.2. The third-order valence-corrected chi connectivity index (χ3v) is 8.93. The Balaban J connectivity index is 1.28. The van der Waals surface area contributed by atoms with Gasteiger partial charge in [0.05, 0.1) is 35.3 Å². The number of anilines is 1. The molecule has 4 aromatic rings. The standard InChI is InChI=1S/C29H34N6O4S/c36-40(37,33-12-13-35-14-17-38-18-15-35)24-10-8-22(9-11-24)27-25(21-5-2-1-3-6-21)26-28(31-20-32-29(26)34-27)30-19-23-7-4-16-39-23/h1-3,5-6,8-11,20,23,33H,4,7,12-19H2,(H2,30,31,32,34). The average Bonchev–Trinajstić information content (AvgIpc) is 3.66. The third kappa shape index (κ3) is 5.89. The van der Waals surface area contributed by atoms with E-state index in [2.05, 4.69) is 42.0 Å². The highest BCUT2D eigenvalue weighted by Gasteiger charge is 2.22. The Morgan fingerprint density at radius 3 is 2.52 bits per heavy atom. The number of aromatic nitrogens is 3. The van der Waals surface area contributed by atoms with Gasteiger partial charge >= 0.3 is 0 Å². The molecule has 2 aromatic heterocycles. The second-order valence-electron chi connectivity index (χ2n) is 10.1. The van der Waals surface area contributed by atoms with Gasteiger partial charge in [0.2, 0.25) is 10.0 Å². The maximum atomic E-state index is 13.0. The molecule has 2 aliphatic heterocycles. The van der Waals surface area contributed by atoms with Crippen molar-refractivity contribution < 1.29 is 17.9 Å². The Kier molecular flexibility index (Phi) is 8.08. The number of sulfonamides is 1. The van der Waals surface area contributed by atoms with Crippen LogP contribution in [-0.4, -0.2) is 86.9 Å². The molecule has 210 valence electrons. The van der Waals surface area contributed by atoms with Crippen molar-refractivity contribution in [2.45, 2.75) is 23.8 Å². The molecule has 40 heavy (non-hydrogen) atoms. The first-order valence-corrected chi connectivity index (χ1v) is 15.2. The van der Waals surface area contributed by atoms with Gasteiger partial charge in [-0.05, 0) is 36.1 Å². The van der Waals surface area contributed by atoms with Crippen LogP contribution in [0.2, 0.25) is 0 Å². The van der Waals surface area contributed by atoms with Crippen molar-refractivity contribution in [1.82, 2.24) is 24.6 Å². The van der Waals surface area contributed by atoms with Gasteiger partial charge in [-0.25, -0.2) is 23.1 Å². The number of ether oxygens (including phenoxy) is 2. The molecule has 2 aliphatic rings. The summed E-state index contributed by atoms with van der Waals surface area (Å²) in [5.41, 5.74) is 4.39.